The first kappa shape index (κ1) is 17.3. The van der Waals surface area contributed by atoms with E-state index < -0.39 is 0 Å². The Labute approximate surface area is 139 Å². The van der Waals surface area contributed by atoms with Gasteiger partial charge in [-0.2, -0.15) is 0 Å². The third-order valence-electron chi connectivity index (χ3n) is 5.17. The van der Waals surface area contributed by atoms with Gasteiger partial charge in [-0.15, -0.1) is 12.4 Å². The molecule has 2 aliphatic rings. The van der Waals surface area contributed by atoms with Crippen molar-refractivity contribution >= 4 is 18.3 Å². The van der Waals surface area contributed by atoms with Gasteiger partial charge >= 0.3 is 0 Å². The Hall–Kier alpha value is -1.06. The highest BCUT2D eigenvalue weighted by Gasteiger charge is 2.26. The van der Waals surface area contributed by atoms with Crippen LogP contribution < -0.4 is 5.32 Å². The number of halogens is 1. The molecule has 1 atom stereocenters. The van der Waals surface area contributed by atoms with Crippen molar-refractivity contribution in [2.75, 3.05) is 19.6 Å². The second kappa shape index (κ2) is 7.98. The lowest BCUT2D eigenvalue weighted by Crippen LogP contribution is -2.38. The molecule has 0 saturated carbocycles. The molecule has 1 amide bonds. The van der Waals surface area contributed by atoms with Crippen LogP contribution in [0, 0.1) is 11.8 Å². The molecule has 2 heterocycles. The van der Waals surface area contributed by atoms with Gasteiger partial charge in [-0.05, 0) is 55.3 Å². The van der Waals surface area contributed by atoms with Crippen LogP contribution in [0.25, 0.3) is 0 Å². The minimum absolute atomic E-state index is 0. The molecule has 1 aromatic carbocycles. The summed E-state index contributed by atoms with van der Waals surface area (Å²) in [5.74, 6) is 1.57. The predicted molar refractivity (Wildman–Crippen MR) is 92.2 cm³/mol. The summed E-state index contributed by atoms with van der Waals surface area (Å²) in [6, 6.07) is 8.51. The normalized spacial score (nSPS) is 20.0. The highest BCUT2D eigenvalue weighted by molar-refractivity contribution is 5.85. The molecule has 0 spiro atoms. The monoisotopic (exact) mass is 322 g/mol. The van der Waals surface area contributed by atoms with Gasteiger partial charge in [-0.25, -0.2) is 0 Å². The quantitative estimate of drug-likeness (QED) is 0.927. The zero-order valence-electron chi connectivity index (χ0n) is 13.4. The lowest BCUT2D eigenvalue weighted by atomic mass is 9.83. The van der Waals surface area contributed by atoms with Gasteiger partial charge in [0.2, 0.25) is 5.91 Å². The predicted octanol–water partition coefficient (Wildman–Crippen LogP) is 3.02. The van der Waals surface area contributed by atoms with Crippen molar-refractivity contribution in [3.05, 3.63) is 35.4 Å². The Kier molecular flexibility index (Phi) is 6.27. The maximum Gasteiger partial charge on any atom is 0.223 e. The van der Waals surface area contributed by atoms with Gasteiger partial charge in [0.1, 0.15) is 0 Å². The largest absolute Gasteiger partial charge is 0.338 e. The minimum atomic E-state index is 0. The van der Waals surface area contributed by atoms with E-state index in [-0.39, 0.29) is 12.4 Å². The number of carbonyl (C=O) groups excluding carboxylic acids is 1. The molecule has 1 saturated heterocycles. The van der Waals surface area contributed by atoms with E-state index in [2.05, 4.69) is 41.4 Å². The fraction of sp³-hybridized carbons (Fsp3) is 0.611. The molecule has 1 N–H and O–H groups in total. The Balaban J connectivity index is 0.00000176. The van der Waals surface area contributed by atoms with Crippen molar-refractivity contribution in [2.24, 2.45) is 11.8 Å². The number of piperidine rings is 1. The van der Waals surface area contributed by atoms with Crippen molar-refractivity contribution in [3.63, 3.8) is 0 Å². The van der Waals surface area contributed by atoms with Crippen LogP contribution in [0.2, 0.25) is 0 Å². The molecule has 2 aliphatic heterocycles. The van der Waals surface area contributed by atoms with Crippen molar-refractivity contribution in [2.45, 2.75) is 39.2 Å². The van der Waals surface area contributed by atoms with Crippen LogP contribution in [-0.2, 0) is 17.8 Å². The molecule has 3 nitrogen and oxygen atoms in total. The van der Waals surface area contributed by atoms with Crippen molar-refractivity contribution in [1.29, 1.82) is 0 Å². The first-order valence-corrected chi connectivity index (χ1v) is 8.29. The molecule has 3 rings (SSSR count). The third-order valence-corrected chi connectivity index (χ3v) is 5.17. The molecule has 1 aromatic rings. The molecule has 4 heteroatoms. The zero-order chi connectivity index (χ0) is 14.7. The Morgan fingerprint density at radius 1 is 1.27 bits per heavy atom. The Bertz CT molecular complexity index is 500. The van der Waals surface area contributed by atoms with Crippen LogP contribution in [0.1, 0.15) is 37.3 Å². The van der Waals surface area contributed by atoms with Gasteiger partial charge in [0.25, 0.3) is 0 Å². The summed E-state index contributed by atoms with van der Waals surface area (Å²) in [6.07, 6.45) is 4.16. The molecule has 0 aromatic heterocycles. The highest BCUT2D eigenvalue weighted by atomic mass is 35.5. The van der Waals surface area contributed by atoms with Crippen molar-refractivity contribution in [3.8, 4) is 0 Å². The summed E-state index contributed by atoms with van der Waals surface area (Å²) in [4.78, 5) is 14.6. The van der Waals surface area contributed by atoms with Gasteiger partial charge in [0, 0.05) is 19.5 Å². The number of carbonyl (C=O) groups is 1. The molecule has 1 unspecified atom stereocenters. The Morgan fingerprint density at radius 2 is 1.95 bits per heavy atom. The summed E-state index contributed by atoms with van der Waals surface area (Å²) in [5.41, 5.74) is 2.74. The van der Waals surface area contributed by atoms with Gasteiger partial charge in [0.05, 0.1) is 0 Å². The van der Waals surface area contributed by atoms with E-state index in [4.69, 9.17) is 0 Å². The van der Waals surface area contributed by atoms with Crippen LogP contribution in [-0.4, -0.2) is 30.4 Å². The first-order valence-electron chi connectivity index (χ1n) is 8.29. The number of nitrogens with one attached hydrogen (secondary N) is 1. The van der Waals surface area contributed by atoms with Crippen LogP contribution in [0.4, 0.5) is 0 Å². The van der Waals surface area contributed by atoms with Gasteiger partial charge in [0.15, 0.2) is 0 Å². The fourth-order valence-corrected chi connectivity index (χ4v) is 3.69. The number of fused-ring (bicyclic) bond motifs is 1. The average Bonchev–Trinajstić information content (AvgIpc) is 2.55. The number of rotatable bonds is 3. The molecule has 22 heavy (non-hydrogen) atoms. The van der Waals surface area contributed by atoms with E-state index in [1.807, 2.05) is 0 Å². The topological polar surface area (TPSA) is 32.3 Å². The molecule has 1 fully saturated rings. The van der Waals surface area contributed by atoms with Crippen molar-refractivity contribution in [1.82, 2.24) is 10.2 Å². The van der Waals surface area contributed by atoms with Gasteiger partial charge < -0.3 is 10.2 Å². The zero-order valence-corrected chi connectivity index (χ0v) is 14.2. The van der Waals surface area contributed by atoms with Crippen LogP contribution in [0.3, 0.4) is 0 Å². The second-order valence-corrected chi connectivity index (χ2v) is 6.60. The number of nitrogens with zero attached hydrogens (tertiary/aromatic N) is 1. The summed E-state index contributed by atoms with van der Waals surface area (Å²) >= 11 is 0. The maximum atomic E-state index is 12.6. The molecule has 0 aliphatic carbocycles. The Morgan fingerprint density at radius 3 is 2.68 bits per heavy atom. The van der Waals surface area contributed by atoms with E-state index in [0.717, 1.165) is 32.6 Å². The molecule has 122 valence electrons. The smallest absolute Gasteiger partial charge is 0.223 e. The lowest BCUT2D eigenvalue weighted by Gasteiger charge is -2.32. The molecular formula is C18H27ClN2O. The summed E-state index contributed by atoms with van der Waals surface area (Å²) in [7, 11) is 0. The average molecular weight is 323 g/mol. The van der Waals surface area contributed by atoms with Gasteiger partial charge in [-0.3, -0.25) is 4.79 Å². The molecule has 0 bridgehead atoms. The van der Waals surface area contributed by atoms with Crippen LogP contribution >= 0.6 is 12.4 Å². The summed E-state index contributed by atoms with van der Waals surface area (Å²) in [6.45, 7) is 6.16. The van der Waals surface area contributed by atoms with Crippen LogP contribution in [0.15, 0.2) is 24.3 Å². The third kappa shape index (κ3) is 4.02. The number of benzene rings is 1. The fourth-order valence-electron chi connectivity index (χ4n) is 3.69. The van der Waals surface area contributed by atoms with E-state index in [1.54, 1.807) is 0 Å². The molecular weight excluding hydrogens is 296 g/mol. The first-order chi connectivity index (χ1) is 10.2. The number of hydrogen-bond acceptors (Lipinski definition) is 2. The molecule has 0 radical (unpaired) electrons. The number of amides is 1. The maximum absolute atomic E-state index is 12.6. The number of hydrogen-bond donors (Lipinski definition) is 1. The van der Waals surface area contributed by atoms with E-state index in [1.165, 1.54) is 24.0 Å². The van der Waals surface area contributed by atoms with E-state index >= 15 is 0 Å². The SMILES string of the molecule is CC(CC(=O)N1CCc2ccccc2C1)C1CCNCC1.Cl. The van der Waals surface area contributed by atoms with E-state index in [9.17, 15) is 4.79 Å². The minimum Gasteiger partial charge on any atom is -0.338 e. The second-order valence-electron chi connectivity index (χ2n) is 6.60. The van der Waals surface area contributed by atoms with Crippen molar-refractivity contribution < 1.29 is 4.79 Å². The van der Waals surface area contributed by atoms with Crippen LogP contribution in [0.5, 0.6) is 0 Å². The summed E-state index contributed by atoms with van der Waals surface area (Å²) in [5, 5.41) is 3.40. The lowest BCUT2D eigenvalue weighted by molar-refractivity contribution is -0.133. The summed E-state index contributed by atoms with van der Waals surface area (Å²) < 4.78 is 0. The van der Waals surface area contributed by atoms with Gasteiger partial charge in [-0.1, -0.05) is 31.2 Å². The van der Waals surface area contributed by atoms with E-state index in [0.29, 0.717) is 24.2 Å². The standard InChI is InChI=1S/C18H26N2O.ClH/c1-14(15-6-9-19-10-7-15)12-18(21)20-11-8-16-4-2-3-5-17(16)13-20;/h2-5,14-15,19H,6-13H2,1H3;1H. The highest BCUT2D eigenvalue weighted by Crippen LogP contribution is 2.26.